The van der Waals surface area contributed by atoms with E-state index in [9.17, 15) is 9.59 Å². The van der Waals surface area contributed by atoms with Gasteiger partial charge in [-0.2, -0.15) is 0 Å². The molecule has 31 heavy (non-hydrogen) atoms. The number of oxazole rings is 1. The lowest BCUT2D eigenvalue weighted by molar-refractivity contribution is 0.0767. The summed E-state index contributed by atoms with van der Waals surface area (Å²) in [4.78, 5) is 39.5. The molecule has 9 nitrogen and oxygen atoms in total. The summed E-state index contributed by atoms with van der Waals surface area (Å²) in [6, 6.07) is 1.83. The summed E-state index contributed by atoms with van der Waals surface area (Å²) < 4.78 is 11.0. The van der Waals surface area contributed by atoms with Crippen molar-refractivity contribution in [3.05, 3.63) is 46.9 Å². The van der Waals surface area contributed by atoms with Crippen LogP contribution in [-0.2, 0) is 17.7 Å². The fraction of sp³-hybridized carbons (Fsp3) is 0.524. The number of hydrogen-bond acceptors (Lipinski definition) is 7. The number of aromatic nitrogens is 2. The van der Waals surface area contributed by atoms with E-state index in [1.54, 1.807) is 17.3 Å². The first kappa shape index (κ1) is 20.3. The Labute approximate surface area is 184 Å². The normalized spacial score (nSPS) is 25.9. The van der Waals surface area contributed by atoms with Crippen LogP contribution < -0.4 is 0 Å². The average Bonchev–Trinajstić information content (AvgIpc) is 3.53. The van der Waals surface area contributed by atoms with Crippen molar-refractivity contribution >= 4 is 23.6 Å². The molecule has 5 heterocycles. The summed E-state index contributed by atoms with van der Waals surface area (Å²) >= 11 is 6.25. The topological polar surface area (TPSA) is 92.0 Å². The van der Waals surface area contributed by atoms with E-state index in [2.05, 4.69) is 14.9 Å². The summed E-state index contributed by atoms with van der Waals surface area (Å²) in [7, 11) is 0. The largest absolute Gasteiger partial charge is 0.448 e. The van der Waals surface area contributed by atoms with Crippen molar-refractivity contribution in [3.63, 3.8) is 0 Å². The molecule has 3 atom stereocenters. The molecule has 3 aliphatic rings. The zero-order valence-corrected chi connectivity index (χ0v) is 18.0. The number of carbonyl (C=O) groups is 2. The van der Waals surface area contributed by atoms with Gasteiger partial charge in [0.05, 0.1) is 17.1 Å². The smallest absolute Gasteiger partial charge is 0.410 e. The van der Waals surface area contributed by atoms with Gasteiger partial charge in [-0.3, -0.25) is 19.6 Å². The molecule has 2 amide bonds. The third-order valence-electron chi connectivity index (χ3n) is 6.30. The Morgan fingerprint density at radius 3 is 2.97 bits per heavy atom. The molecule has 5 rings (SSSR count). The van der Waals surface area contributed by atoms with Crippen LogP contribution in [0.2, 0.25) is 5.02 Å². The molecule has 0 aliphatic carbocycles. The van der Waals surface area contributed by atoms with Crippen LogP contribution in [0.4, 0.5) is 4.79 Å². The predicted octanol–water partition coefficient (Wildman–Crippen LogP) is 2.21. The lowest BCUT2D eigenvalue weighted by atomic mass is 10.1. The maximum absolute atomic E-state index is 12.8. The number of amides is 2. The van der Waals surface area contributed by atoms with E-state index in [1.165, 1.54) is 6.26 Å². The number of aryl methyl sites for hydroxylation is 1. The molecular weight excluding hydrogens is 422 g/mol. The molecule has 3 aliphatic heterocycles. The average molecular weight is 446 g/mol. The van der Waals surface area contributed by atoms with Crippen molar-refractivity contribution in [3.8, 4) is 0 Å². The second-order valence-corrected chi connectivity index (χ2v) is 8.64. The summed E-state index contributed by atoms with van der Waals surface area (Å²) in [5.74, 6) is 0.390. The maximum Gasteiger partial charge on any atom is 0.410 e. The number of nitrogens with zero attached hydrogens (tertiary/aromatic N) is 5. The van der Waals surface area contributed by atoms with Crippen molar-refractivity contribution in [2.75, 3.05) is 26.2 Å². The standard InChI is InChI=1S/C21H24ClN5O4/c1-2-19-24-16(12-30-19)20(28)26-6-4-14(9-26)27-17-10-25(11-18(17)31-21(27)29)8-13-3-5-23-7-15(13)22/h3,5,7,12,14,17-18H,2,4,6,8-11H2,1H3/t14?,17-,18+/m1/s1. The molecule has 3 saturated heterocycles. The van der Waals surface area contributed by atoms with Gasteiger partial charge in [0.25, 0.3) is 5.91 Å². The van der Waals surface area contributed by atoms with Crippen molar-refractivity contribution < 1.29 is 18.7 Å². The van der Waals surface area contributed by atoms with E-state index in [-0.39, 0.29) is 30.2 Å². The highest BCUT2D eigenvalue weighted by molar-refractivity contribution is 6.31. The highest BCUT2D eigenvalue weighted by Crippen LogP contribution is 2.33. The van der Waals surface area contributed by atoms with Gasteiger partial charge in [-0.1, -0.05) is 18.5 Å². The van der Waals surface area contributed by atoms with E-state index >= 15 is 0 Å². The van der Waals surface area contributed by atoms with Crippen LogP contribution in [0.25, 0.3) is 0 Å². The fourth-order valence-corrected chi connectivity index (χ4v) is 4.93. The van der Waals surface area contributed by atoms with Gasteiger partial charge in [-0.05, 0) is 18.1 Å². The number of fused-ring (bicyclic) bond motifs is 1. The summed E-state index contributed by atoms with van der Waals surface area (Å²) in [6.45, 7) is 5.04. The maximum atomic E-state index is 12.8. The van der Waals surface area contributed by atoms with Gasteiger partial charge in [0.2, 0.25) is 0 Å². The molecule has 164 valence electrons. The fourth-order valence-electron chi connectivity index (χ4n) is 4.75. The van der Waals surface area contributed by atoms with Gasteiger partial charge < -0.3 is 14.1 Å². The molecule has 1 unspecified atom stereocenters. The molecular formula is C21H24ClN5O4. The summed E-state index contributed by atoms with van der Waals surface area (Å²) in [5, 5.41) is 0.637. The Morgan fingerprint density at radius 2 is 2.19 bits per heavy atom. The molecule has 10 heteroatoms. The van der Waals surface area contributed by atoms with Crippen LogP contribution in [0, 0.1) is 0 Å². The minimum absolute atomic E-state index is 0.0214. The van der Waals surface area contributed by atoms with Gasteiger partial charge in [-0.15, -0.1) is 0 Å². The lowest BCUT2D eigenvalue weighted by Crippen LogP contribution is -2.46. The number of ether oxygens (including phenoxy) is 1. The summed E-state index contributed by atoms with van der Waals surface area (Å²) in [5.41, 5.74) is 1.33. The van der Waals surface area contributed by atoms with E-state index in [4.69, 9.17) is 20.8 Å². The second kappa shape index (κ2) is 8.12. The highest BCUT2D eigenvalue weighted by Gasteiger charge is 2.51. The van der Waals surface area contributed by atoms with Crippen molar-refractivity contribution in [2.45, 2.75) is 44.5 Å². The molecule has 0 bridgehead atoms. The number of halogens is 1. The molecule has 0 aromatic carbocycles. The Bertz CT molecular complexity index is 998. The molecule has 2 aromatic rings. The van der Waals surface area contributed by atoms with Crippen molar-refractivity contribution in [1.29, 1.82) is 0 Å². The first-order chi connectivity index (χ1) is 15.0. The number of rotatable bonds is 5. The summed E-state index contributed by atoms with van der Waals surface area (Å²) in [6.07, 6.45) is 5.69. The molecule has 0 saturated carbocycles. The van der Waals surface area contributed by atoms with Crippen molar-refractivity contribution in [1.82, 2.24) is 24.7 Å². The molecule has 2 aromatic heterocycles. The molecule has 0 spiro atoms. The van der Waals surface area contributed by atoms with Gasteiger partial charge in [-0.25, -0.2) is 9.78 Å². The first-order valence-electron chi connectivity index (χ1n) is 10.6. The SMILES string of the molecule is CCc1nc(C(=O)N2CCC(N3C(=O)O[C@H]4CN(Cc5ccncc5Cl)C[C@H]43)C2)co1. The van der Waals surface area contributed by atoms with Crippen LogP contribution in [0.5, 0.6) is 0 Å². The van der Waals surface area contributed by atoms with Crippen LogP contribution >= 0.6 is 11.6 Å². The quantitative estimate of drug-likeness (QED) is 0.696. The third kappa shape index (κ3) is 3.76. The Kier molecular flexibility index (Phi) is 5.31. The van der Waals surface area contributed by atoms with Gasteiger partial charge in [0.1, 0.15) is 12.4 Å². The first-order valence-corrected chi connectivity index (χ1v) is 10.9. The van der Waals surface area contributed by atoms with Gasteiger partial charge in [0, 0.05) is 51.5 Å². The van der Waals surface area contributed by atoms with Gasteiger partial charge >= 0.3 is 6.09 Å². The van der Waals surface area contributed by atoms with Gasteiger partial charge in [0.15, 0.2) is 11.6 Å². The van der Waals surface area contributed by atoms with Crippen LogP contribution in [0.1, 0.15) is 35.3 Å². The van der Waals surface area contributed by atoms with Crippen LogP contribution in [0.15, 0.2) is 29.1 Å². The van der Waals surface area contributed by atoms with E-state index in [0.717, 1.165) is 12.0 Å². The Morgan fingerprint density at radius 1 is 1.32 bits per heavy atom. The number of hydrogen-bond donors (Lipinski definition) is 0. The monoisotopic (exact) mass is 445 g/mol. The van der Waals surface area contributed by atoms with Crippen molar-refractivity contribution in [2.24, 2.45) is 0 Å². The van der Waals surface area contributed by atoms with Crippen LogP contribution in [-0.4, -0.2) is 81.0 Å². The zero-order chi connectivity index (χ0) is 21.5. The molecule has 3 fully saturated rings. The predicted molar refractivity (Wildman–Crippen MR) is 111 cm³/mol. The highest BCUT2D eigenvalue weighted by atomic mass is 35.5. The second-order valence-electron chi connectivity index (χ2n) is 8.23. The van der Waals surface area contributed by atoms with Crippen LogP contribution in [0.3, 0.4) is 0 Å². The van der Waals surface area contributed by atoms with E-state index < -0.39 is 0 Å². The zero-order valence-electron chi connectivity index (χ0n) is 17.2. The molecule has 0 radical (unpaired) electrons. The minimum atomic E-state index is -0.286. The Hall–Kier alpha value is -2.65. The van der Waals surface area contributed by atoms with E-state index in [0.29, 0.717) is 55.8 Å². The van der Waals surface area contributed by atoms with E-state index in [1.807, 2.05) is 17.9 Å². The minimum Gasteiger partial charge on any atom is -0.448 e. The third-order valence-corrected chi connectivity index (χ3v) is 6.64. The Balaban J connectivity index is 1.24. The number of carbonyl (C=O) groups excluding carboxylic acids is 2. The lowest BCUT2D eigenvalue weighted by Gasteiger charge is -2.28. The number of pyridine rings is 1. The molecule has 0 N–H and O–H groups in total. The number of likely N-dealkylation sites (tertiary alicyclic amines) is 2.